The number of hydrogen-bond acceptors (Lipinski definition) is 5. The number of nitrogens with zero attached hydrogens (tertiary/aromatic N) is 1. The number of ketones is 1. The van der Waals surface area contributed by atoms with Crippen molar-refractivity contribution in [3.8, 4) is 11.5 Å². The number of carbonyl (C=O) groups is 1. The van der Waals surface area contributed by atoms with Gasteiger partial charge >= 0.3 is 0 Å². The van der Waals surface area contributed by atoms with Gasteiger partial charge in [-0.15, -0.1) is 0 Å². The third-order valence-corrected chi connectivity index (χ3v) is 6.05. The predicted molar refractivity (Wildman–Crippen MR) is 106 cm³/mol. The van der Waals surface area contributed by atoms with Gasteiger partial charge in [0.2, 0.25) is 0 Å². The van der Waals surface area contributed by atoms with E-state index in [2.05, 4.69) is 4.90 Å². The van der Waals surface area contributed by atoms with Gasteiger partial charge in [0.1, 0.15) is 12.7 Å². The summed E-state index contributed by atoms with van der Waals surface area (Å²) in [6.45, 7) is 3.49. The number of ether oxygens (including phenoxy) is 2. The molecular weight excluding hydrogens is 342 g/mol. The molecule has 0 spiro atoms. The molecule has 1 saturated carbocycles. The maximum Gasteiger partial charge on any atom is 0.161 e. The topological polar surface area (TPSA) is 59.0 Å². The Bertz CT molecular complexity index is 627. The summed E-state index contributed by atoms with van der Waals surface area (Å²) in [4.78, 5) is 14.0. The van der Waals surface area contributed by atoms with E-state index >= 15 is 0 Å². The summed E-state index contributed by atoms with van der Waals surface area (Å²) in [6.07, 6.45) is 8.73. The van der Waals surface area contributed by atoms with Crippen LogP contribution in [0.15, 0.2) is 18.2 Å². The molecular formula is C22H33NO4. The van der Waals surface area contributed by atoms with Crippen LogP contribution in [0.1, 0.15) is 62.2 Å². The average Bonchev–Trinajstić information content (AvgIpc) is 3.14. The van der Waals surface area contributed by atoms with Gasteiger partial charge < -0.3 is 14.6 Å². The largest absolute Gasteiger partial charge is 0.493 e. The highest BCUT2D eigenvalue weighted by atomic mass is 16.5. The van der Waals surface area contributed by atoms with Gasteiger partial charge in [-0.05, 0) is 63.3 Å². The molecule has 2 aliphatic rings. The lowest BCUT2D eigenvalue weighted by Crippen LogP contribution is -2.42. The molecule has 0 bridgehead atoms. The SMILES string of the molecule is COc1cc(C(C)=O)ccc1OC[C@@H](O)CN1CCC[C@H]1C1CCCCC1. The van der Waals surface area contributed by atoms with Crippen LogP contribution in [0.25, 0.3) is 0 Å². The van der Waals surface area contributed by atoms with Crippen molar-refractivity contribution in [1.82, 2.24) is 4.90 Å². The van der Waals surface area contributed by atoms with E-state index in [1.54, 1.807) is 25.3 Å². The van der Waals surface area contributed by atoms with Gasteiger partial charge in [0.25, 0.3) is 0 Å². The molecule has 5 heteroatoms. The van der Waals surface area contributed by atoms with E-state index in [1.807, 2.05) is 0 Å². The molecule has 2 atom stereocenters. The highest BCUT2D eigenvalue weighted by Crippen LogP contribution is 2.34. The number of hydrogen-bond donors (Lipinski definition) is 1. The standard InChI is InChI=1S/C22H33NO4/c1-16(24)18-10-11-21(22(13-18)26-2)27-15-19(25)14-23-12-6-9-20(23)17-7-4-3-5-8-17/h10-11,13,17,19-20,25H,3-9,12,14-15H2,1-2H3/t19-,20-/m0/s1. The number of methoxy groups -OCH3 is 1. The summed E-state index contributed by atoms with van der Waals surface area (Å²) in [7, 11) is 1.56. The number of carbonyl (C=O) groups excluding carboxylic acids is 1. The van der Waals surface area contributed by atoms with E-state index < -0.39 is 6.10 Å². The summed E-state index contributed by atoms with van der Waals surface area (Å²) in [6, 6.07) is 5.78. The number of β-amino-alcohol motifs (C(OH)–C–C–N with tert-alkyl or cyclic N) is 1. The Kier molecular flexibility index (Phi) is 7.13. The lowest BCUT2D eigenvalue weighted by Gasteiger charge is -2.35. The second-order valence-corrected chi connectivity index (χ2v) is 7.99. The van der Waals surface area contributed by atoms with Crippen LogP contribution in [0.2, 0.25) is 0 Å². The molecule has 0 aromatic heterocycles. The van der Waals surface area contributed by atoms with Crippen LogP contribution >= 0.6 is 0 Å². The highest BCUT2D eigenvalue weighted by Gasteiger charge is 2.33. The third kappa shape index (κ3) is 5.23. The summed E-state index contributed by atoms with van der Waals surface area (Å²) in [5.41, 5.74) is 0.590. The Balaban J connectivity index is 1.53. The van der Waals surface area contributed by atoms with E-state index in [1.165, 1.54) is 51.9 Å². The van der Waals surface area contributed by atoms with Crippen molar-refractivity contribution < 1.29 is 19.4 Å². The zero-order chi connectivity index (χ0) is 19.2. The van der Waals surface area contributed by atoms with Crippen LogP contribution in [-0.4, -0.2) is 54.7 Å². The number of rotatable bonds is 8. The molecule has 1 aromatic carbocycles. The van der Waals surface area contributed by atoms with Crippen molar-refractivity contribution in [2.45, 2.75) is 64.0 Å². The van der Waals surface area contributed by atoms with E-state index in [4.69, 9.17) is 9.47 Å². The quantitative estimate of drug-likeness (QED) is 0.703. The van der Waals surface area contributed by atoms with E-state index in [9.17, 15) is 9.90 Å². The van der Waals surface area contributed by atoms with Crippen LogP contribution in [-0.2, 0) is 0 Å². The van der Waals surface area contributed by atoms with Gasteiger partial charge in [0.05, 0.1) is 7.11 Å². The average molecular weight is 376 g/mol. The van der Waals surface area contributed by atoms with Gasteiger partial charge in [-0.25, -0.2) is 0 Å². The van der Waals surface area contributed by atoms with Gasteiger partial charge in [-0.2, -0.15) is 0 Å². The fourth-order valence-corrected chi connectivity index (χ4v) is 4.65. The zero-order valence-electron chi connectivity index (χ0n) is 16.7. The normalized spacial score (nSPS) is 22.6. The predicted octanol–water partition coefficient (Wildman–Crippen LogP) is 3.68. The van der Waals surface area contributed by atoms with Crippen molar-refractivity contribution in [3.05, 3.63) is 23.8 Å². The van der Waals surface area contributed by atoms with Crippen LogP contribution in [0.3, 0.4) is 0 Å². The first-order valence-corrected chi connectivity index (χ1v) is 10.3. The van der Waals surface area contributed by atoms with Crippen molar-refractivity contribution in [1.29, 1.82) is 0 Å². The van der Waals surface area contributed by atoms with Gasteiger partial charge in [-0.1, -0.05) is 19.3 Å². The molecule has 1 N–H and O–H groups in total. The molecule has 27 heavy (non-hydrogen) atoms. The number of aliphatic hydroxyl groups is 1. The van der Waals surface area contributed by atoms with Crippen molar-refractivity contribution in [2.24, 2.45) is 5.92 Å². The van der Waals surface area contributed by atoms with E-state index in [-0.39, 0.29) is 12.4 Å². The zero-order valence-corrected chi connectivity index (χ0v) is 16.7. The molecule has 1 aromatic rings. The third-order valence-electron chi connectivity index (χ3n) is 6.05. The number of benzene rings is 1. The highest BCUT2D eigenvalue weighted by molar-refractivity contribution is 5.94. The molecule has 1 aliphatic heterocycles. The monoisotopic (exact) mass is 375 g/mol. The minimum Gasteiger partial charge on any atom is -0.493 e. The van der Waals surface area contributed by atoms with Crippen molar-refractivity contribution in [3.63, 3.8) is 0 Å². The van der Waals surface area contributed by atoms with E-state index in [0.29, 0.717) is 29.6 Å². The second kappa shape index (κ2) is 9.56. The van der Waals surface area contributed by atoms with Crippen LogP contribution < -0.4 is 9.47 Å². The fourth-order valence-electron chi connectivity index (χ4n) is 4.65. The Hall–Kier alpha value is -1.59. The molecule has 150 valence electrons. The molecule has 2 fully saturated rings. The second-order valence-electron chi connectivity index (χ2n) is 7.99. The molecule has 1 aliphatic carbocycles. The molecule has 1 heterocycles. The molecule has 0 radical (unpaired) electrons. The number of likely N-dealkylation sites (tertiary alicyclic amines) is 1. The van der Waals surface area contributed by atoms with Gasteiger partial charge in [0, 0.05) is 18.2 Å². The molecule has 0 unspecified atom stereocenters. The lowest BCUT2D eigenvalue weighted by molar-refractivity contribution is 0.0490. The first-order chi connectivity index (χ1) is 13.1. The molecule has 3 rings (SSSR count). The Morgan fingerprint density at radius 3 is 2.67 bits per heavy atom. The summed E-state index contributed by atoms with van der Waals surface area (Å²) in [5, 5.41) is 10.5. The maximum absolute atomic E-state index is 11.5. The Morgan fingerprint density at radius 2 is 1.96 bits per heavy atom. The Labute approximate surface area is 162 Å². The number of Topliss-reactive ketones (excluding diaryl/α,β-unsaturated/α-hetero) is 1. The van der Waals surface area contributed by atoms with Crippen LogP contribution in [0.5, 0.6) is 11.5 Å². The number of aliphatic hydroxyl groups excluding tert-OH is 1. The first-order valence-electron chi connectivity index (χ1n) is 10.3. The Morgan fingerprint density at radius 1 is 1.19 bits per heavy atom. The van der Waals surface area contributed by atoms with E-state index in [0.717, 1.165) is 12.5 Å². The summed E-state index contributed by atoms with van der Waals surface area (Å²) in [5.74, 6) is 1.87. The van der Waals surface area contributed by atoms with Crippen molar-refractivity contribution in [2.75, 3.05) is 26.8 Å². The summed E-state index contributed by atoms with van der Waals surface area (Å²) >= 11 is 0. The minimum absolute atomic E-state index is 0.0114. The van der Waals surface area contributed by atoms with Gasteiger partial charge in [-0.3, -0.25) is 9.69 Å². The summed E-state index contributed by atoms with van der Waals surface area (Å²) < 4.78 is 11.1. The molecule has 1 saturated heterocycles. The fraction of sp³-hybridized carbons (Fsp3) is 0.682. The van der Waals surface area contributed by atoms with Crippen LogP contribution in [0, 0.1) is 5.92 Å². The molecule has 0 amide bonds. The van der Waals surface area contributed by atoms with Gasteiger partial charge in [0.15, 0.2) is 17.3 Å². The maximum atomic E-state index is 11.5. The van der Waals surface area contributed by atoms with Crippen LogP contribution in [0.4, 0.5) is 0 Å². The first kappa shape index (κ1) is 20.2. The minimum atomic E-state index is -0.536. The van der Waals surface area contributed by atoms with Crippen molar-refractivity contribution >= 4 is 5.78 Å². The smallest absolute Gasteiger partial charge is 0.161 e. The molecule has 5 nitrogen and oxygen atoms in total. The lowest BCUT2D eigenvalue weighted by atomic mass is 9.83.